The molecule has 0 amide bonds. The van der Waals surface area contributed by atoms with E-state index in [0.29, 0.717) is 5.56 Å². The molecule has 0 saturated carbocycles. The van der Waals surface area contributed by atoms with Crippen LogP contribution in [0.5, 0.6) is 5.75 Å². The number of benzene rings is 2. The van der Waals surface area contributed by atoms with E-state index in [1.54, 1.807) is 13.2 Å². The van der Waals surface area contributed by atoms with Crippen LogP contribution in [0.2, 0.25) is 0 Å². The predicted octanol–water partition coefficient (Wildman–Crippen LogP) is 4.94. The molecule has 2 aromatic carbocycles. The SMILES string of the molecule is COc1ccc(C(Br)c2ccc(C)cc2F)c(C)c1. The van der Waals surface area contributed by atoms with Crippen LogP contribution in [-0.2, 0) is 0 Å². The summed E-state index contributed by atoms with van der Waals surface area (Å²) in [6, 6.07) is 11.1. The van der Waals surface area contributed by atoms with Gasteiger partial charge < -0.3 is 4.74 Å². The lowest BCUT2D eigenvalue weighted by atomic mass is 9.99. The third-order valence-electron chi connectivity index (χ3n) is 3.18. The van der Waals surface area contributed by atoms with Gasteiger partial charge in [0.15, 0.2) is 0 Å². The highest BCUT2D eigenvalue weighted by Crippen LogP contribution is 2.35. The Kier molecular flexibility index (Phi) is 4.25. The second-order valence-corrected chi connectivity index (χ2v) is 5.53. The first kappa shape index (κ1) is 14.1. The Hall–Kier alpha value is -1.35. The molecule has 0 aliphatic rings. The van der Waals surface area contributed by atoms with Crippen molar-refractivity contribution < 1.29 is 9.13 Å². The molecule has 2 aromatic rings. The topological polar surface area (TPSA) is 9.23 Å². The van der Waals surface area contributed by atoms with Crippen molar-refractivity contribution in [3.63, 3.8) is 0 Å². The molecular formula is C16H16BrFO. The van der Waals surface area contributed by atoms with Crippen LogP contribution in [0.4, 0.5) is 4.39 Å². The molecule has 0 spiro atoms. The number of ether oxygens (including phenoxy) is 1. The zero-order chi connectivity index (χ0) is 14.0. The van der Waals surface area contributed by atoms with E-state index in [2.05, 4.69) is 15.9 Å². The molecule has 3 heteroatoms. The highest BCUT2D eigenvalue weighted by molar-refractivity contribution is 9.09. The molecule has 0 aromatic heterocycles. The summed E-state index contributed by atoms with van der Waals surface area (Å²) in [7, 11) is 1.64. The van der Waals surface area contributed by atoms with Gasteiger partial charge in [-0.25, -0.2) is 4.39 Å². The van der Waals surface area contributed by atoms with Crippen molar-refractivity contribution in [2.75, 3.05) is 7.11 Å². The molecule has 0 N–H and O–H groups in total. The van der Waals surface area contributed by atoms with Gasteiger partial charge in [0.2, 0.25) is 0 Å². The van der Waals surface area contributed by atoms with E-state index < -0.39 is 0 Å². The van der Waals surface area contributed by atoms with Gasteiger partial charge in [0.1, 0.15) is 11.6 Å². The predicted molar refractivity (Wildman–Crippen MR) is 79.6 cm³/mol. The van der Waals surface area contributed by atoms with Crippen LogP contribution in [0.3, 0.4) is 0 Å². The minimum Gasteiger partial charge on any atom is -0.497 e. The summed E-state index contributed by atoms with van der Waals surface area (Å²) in [5.41, 5.74) is 3.69. The maximum absolute atomic E-state index is 14.0. The van der Waals surface area contributed by atoms with Crippen molar-refractivity contribution in [1.82, 2.24) is 0 Å². The molecule has 0 aliphatic carbocycles. The summed E-state index contributed by atoms with van der Waals surface area (Å²) in [6.07, 6.45) is 0. The number of aryl methyl sites for hydroxylation is 2. The number of halogens is 2. The monoisotopic (exact) mass is 322 g/mol. The molecule has 1 unspecified atom stereocenters. The van der Waals surface area contributed by atoms with Crippen LogP contribution in [0.25, 0.3) is 0 Å². The van der Waals surface area contributed by atoms with E-state index in [0.717, 1.165) is 22.4 Å². The normalized spacial score (nSPS) is 12.3. The second kappa shape index (κ2) is 5.74. The summed E-state index contributed by atoms with van der Waals surface area (Å²) in [6.45, 7) is 3.88. The van der Waals surface area contributed by atoms with Gasteiger partial charge in [-0.05, 0) is 48.7 Å². The smallest absolute Gasteiger partial charge is 0.128 e. The van der Waals surface area contributed by atoms with Crippen molar-refractivity contribution in [1.29, 1.82) is 0 Å². The van der Waals surface area contributed by atoms with Crippen LogP contribution in [0.15, 0.2) is 36.4 Å². The number of methoxy groups -OCH3 is 1. The number of hydrogen-bond acceptors (Lipinski definition) is 1. The van der Waals surface area contributed by atoms with Crippen LogP contribution in [0.1, 0.15) is 27.1 Å². The lowest BCUT2D eigenvalue weighted by Gasteiger charge is -2.15. The molecule has 1 nitrogen and oxygen atoms in total. The molecule has 2 rings (SSSR count). The van der Waals surface area contributed by atoms with Gasteiger partial charge in [0.25, 0.3) is 0 Å². The largest absolute Gasteiger partial charge is 0.497 e. The molecule has 1 atom stereocenters. The molecule has 0 fully saturated rings. The fourth-order valence-electron chi connectivity index (χ4n) is 2.06. The van der Waals surface area contributed by atoms with Crippen LogP contribution in [0, 0.1) is 19.7 Å². The zero-order valence-electron chi connectivity index (χ0n) is 11.2. The molecule has 100 valence electrons. The quantitative estimate of drug-likeness (QED) is 0.727. The molecular weight excluding hydrogens is 307 g/mol. The summed E-state index contributed by atoms with van der Waals surface area (Å²) in [4.78, 5) is -0.154. The van der Waals surface area contributed by atoms with Crippen LogP contribution < -0.4 is 4.74 Å². The van der Waals surface area contributed by atoms with E-state index in [1.165, 1.54) is 0 Å². The van der Waals surface area contributed by atoms with Gasteiger partial charge >= 0.3 is 0 Å². The van der Waals surface area contributed by atoms with E-state index in [4.69, 9.17) is 4.74 Å². The van der Waals surface area contributed by atoms with Crippen LogP contribution >= 0.6 is 15.9 Å². The average molecular weight is 323 g/mol. The van der Waals surface area contributed by atoms with Crippen molar-refractivity contribution in [3.05, 3.63) is 64.5 Å². The van der Waals surface area contributed by atoms with E-state index in [1.807, 2.05) is 44.2 Å². The Morgan fingerprint density at radius 3 is 2.32 bits per heavy atom. The Bertz CT molecular complexity index is 595. The fraction of sp³-hybridized carbons (Fsp3) is 0.250. The van der Waals surface area contributed by atoms with Crippen LogP contribution in [-0.4, -0.2) is 7.11 Å². The molecule has 0 bridgehead atoms. The average Bonchev–Trinajstić information content (AvgIpc) is 2.37. The highest BCUT2D eigenvalue weighted by Gasteiger charge is 2.17. The molecule has 0 heterocycles. The van der Waals surface area contributed by atoms with Crippen molar-refractivity contribution in [2.45, 2.75) is 18.7 Å². The fourth-order valence-corrected chi connectivity index (χ4v) is 2.95. The van der Waals surface area contributed by atoms with Gasteiger partial charge in [-0.15, -0.1) is 0 Å². The minimum absolute atomic E-state index is 0.154. The lowest BCUT2D eigenvalue weighted by molar-refractivity contribution is 0.414. The number of rotatable bonds is 3. The van der Waals surface area contributed by atoms with Gasteiger partial charge in [-0.2, -0.15) is 0 Å². The van der Waals surface area contributed by atoms with E-state index in [9.17, 15) is 4.39 Å². The maximum atomic E-state index is 14.0. The molecule has 0 radical (unpaired) electrons. The standard InChI is InChI=1S/C16H16BrFO/c1-10-4-6-14(15(18)8-10)16(17)13-7-5-12(19-3)9-11(13)2/h4-9,16H,1-3H3. The second-order valence-electron chi connectivity index (χ2n) is 4.61. The Morgan fingerprint density at radius 2 is 1.74 bits per heavy atom. The van der Waals surface area contributed by atoms with Crippen molar-refractivity contribution >= 4 is 15.9 Å². The first-order chi connectivity index (χ1) is 9.02. The van der Waals surface area contributed by atoms with Gasteiger partial charge in [0.05, 0.1) is 11.9 Å². The summed E-state index contributed by atoms with van der Waals surface area (Å²) in [5.74, 6) is 0.627. The number of hydrogen-bond donors (Lipinski definition) is 0. The van der Waals surface area contributed by atoms with Gasteiger partial charge in [0, 0.05) is 5.56 Å². The zero-order valence-corrected chi connectivity index (χ0v) is 12.8. The van der Waals surface area contributed by atoms with E-state index in [-0.39, 0.29) is 10.6 Å². The molecule has 0 aliphatic heterocycles. The Balaban J connectivity index is 2.41. The molecule has 19 heavy (non-hydrogen) atoms. The third-order valence-corrected chi connectivity index (χ3v) is 4.17. The lowest BCUT2D eigenvalue weighted by Crippen LogP contribution is -1.99. The maximum Gasteiger partial charge on any atom is 0.128 e. The van der Waals surface area contributed by atoms with Crippen molar-refractivity contribution in [2.24, 2.45) is 0 Å². The summed E-state index contributed by atoms with van der Waals surface area (Å²) in [5, 5.41) is 0. The first-order valence-corrected chi connectivity index (χ1v) is 6.99. The third kappa shape index (κ3) is 2.98. The van der Waals surface area contributed by atoms with Gasteiger partial charge in [-0.3, -0.25) is 0 Å². The highest BCUT2D eigenvalue weighted by atomic mass is 79.9. The molecule has 0 saturated heterocycles. The van der Waals surface area contributed by atoms with E-state index >= 15 is 0 Å². The Labute approximate surface area is 121 Å². The summed E-state index contributed by atoms with van der Waals surface area (Å²) >= 11 is 3.59. The van der Waals surface area contributed by atoms with Gasteiger partial charge in [-0.1, -0.05) is 34.1 Å². The minimum atomic E-state index is -0.183. The summed E-state index contributed by atoms with van der Waals surface area (Å²) < 4.78 is 19.2. The van der Waals surface area contributed by atoms with Crippen molar-refractivity contribution in [3.8, 4) is 5.75 Å². The first-order valence-electron chi connectivity index (χ1n) is 6.07. The Morgan fingerprint density at radius 1 is 1.05 bits per heavy atom. The number of alkyl halides is 1.